The van der Waals surface area contributed by atoms with Crippen molar-refractivity contribution in [3.05, 3.63) is 24.3 Å². The van der Waals surface area contributed by atoms with Crippen molar-refractivity contribution in [1.82, 2.24) is 18.6 Å². The molecule has 0 radical (unpaired) electrons. The Kier molecular flexibility index (Phi) is 3.45. The summed E-state index contributed by atoms with van der Waals surface area (Å²) in [6.07, 6.45) is 7.27. The topological polar surface area (TPSA) is 33.1 Å². The normalized spacial score (nSPS) is 17.9. The molecule has 2 rings (SSSR count). The maximum atomic E-state index is 4.40. The Balaban J connectivity index is 2.09. The van der Waals surface area contributed by atoms with Crippen LogP contribution in [0.3, 0.4) is 0 Å². The van der Waals surface area contributed by atoms with E-state index in [1.165, 1.54) is 17.7 Å². The Morgan fingerprint density at radius 2 is 2.40 bits per heavy atom. The smallest absolute Gasteiger partial charge is 0.107 e. The summed E-state index contributed by atoms with van der Waals surface area (Å²) in [5.74, 6) is 0. The minimum absolute atomic E-state index is 1.03. The Morgan fingerprint density at radius 3 is 3.07 bits per heavy atom. The van der Waals surface area contributed by atoms with Gasteiger partial charge in [0.2, 0.25) is 0 Å². The van der Waals surface area contributed by atoms with E-state index in [0.717, 1.165) is 25.2 Å². The highest BCUT2D eigenvalue weighted by atomic mass is 32.2. The van der Waals surface area contributed by atoms with Crippen LogP contribution in [-0.2, 0) is 0 Å². The van der Waals surface area contributed by atoms with Gasteiger partial charge in [0.05, 0.1) is 5.69 Å². The number of hydrogen-bond donors (Lipinski definition) is 1. The molecule has 0 fully saturated rings. The van der Waals surface area contributed by atoms with Crippen molar-refractivity contribution in [1.29, 1.82) is 0 Å². The zero-order valence-corrected chi connectivity index (χ0v) is 9.92. The first-order valence-electron chi connectivity index (χ1n) is 5.05. The van der Waals surface area contributed by atoms with Crippen molar-refractivity contribution >= 4 is 17.7 Å². The highest BCUT2D eigenvalue weighted by molar-refractivity contribution is 7.95. The lowest BCUT2D eigenvalue weighted by molar-refractivity contribution is 0.370. The van der Waals surface area contributed by atoms with Crippen LogP contribution in [-0.4, -0.2) is 41.0 Å². The van der Waals surface area contributed by atoms with E-state index in [1.54, 1.807) is 0 Å². The molecule has 1 aliphatic heterocycles. The first kappa shape index (κ1) is 10.7. The van der Waals surface area contributed by atoms with Crippen LogP contribution in [0.2, 0.25) is 0 Å². The number of hydrogen-bond acceptors (Lipinski definition) is 4. The van der Waals surface area contributed by atoms with Crippen LogP contribution in [0.4, 0.5) is 0 Å². The fourth-order valence-corrected chi connectivity index (χ4v) is 2.09. The lowest BCUT2D eigenvalue weighted by Crippen LogP contribution is -2.23. The molecule has 1 aromatic rings. The fraction of sp³-hybridized carbons (Fsp3) is 0.500. The van der Waals surface area contributed by atoms with Gasteiger partial charge in [-0.2, -0.15) is 0 Å². The number of imidazole rings is 1. The first-order chi connectivity index (χ1) is 7.29. The molecule has 0 saturated carbocycles. The van der Waals surface area contributed by atoms with Gasteiger partial charge in [0.25, 0.3) is 0 Å². The molecule has 5 heteroatoms. The number of likely N-dealkylation sites (N-methyl/N-ethyl adjacent to an activating group) is 1. The van der Waals surface area contributed by atoms with E-state index in [4.69, 9.17) is 0 Å². The average Bonchev–Trinajstić information content (AvgIpc) is 2.68. The third-order valence-corrected chi connectivity index (χ3v) is 3.09. The second-order valence-corrected chi connectivity index (χ2v) is 4.67. The lowest BCUT2D eigenvalue weighted by atomic mass is 10.1. The van der Waals surface area contributed by atoms with Gasteiger partial charge in [-0.3, -0.25) is 3.97 Å². The van der Waals surface area contributed by atoms with E-state index in [9.17, 15) is 0 Å². The van der Waals surface area contributed by atoms with Gasteiger partial charge < -0.3 is 4.90 Å². The van der Waals surface area contributed by atoms with Gasteiger partial charge in [-0.15, -0.1) is 0 Å². The zero-order valence-electron chi connectivity index (χ0n) is 9.10. The molecule has 82 valence electrons. The molecule has 0 spiro atoms. The minimum Gasteiger partial charge on any atom is -0.302 e. The maximum Gasteiger partial charge on any atom is 0.107 e. The molecule has 1 N–H and O–H groups in total. The molecule has 2 heterocycles. The molecule has 0 unspecified atom stereocenters. The monoisotopic (exact) mass is 224 g/mol. The van der Waals surface area contributed by atoms with Crippen LogP contribution in [0.15, 0.2) is 18.6 Å². The quantitative estimate of drug-likeness (QED) is 0.783. The Morgan fingerprint density at radius 1 is 1.53 bits per heavy atom. The molecule has 0 bridgehead atoms. The maximum absolute atomic E-state index is 4.40. The highest BCUT2D eigenvalue weighted by Gasteiger charge is 2.11. The molecule has 1 aliphatic rings. The number of rotatable bonds is 3. The molecule has 4 nitrogen and oxygen atoms in total. The van der Waals surface area contributed by atoms with E-state index in [0.29, 0.717) is 0 Å². The summed E-state index contributed by atoms with van der Waals surface area (Å²) in [6, 6.07) is 0. The van der Waals surface area contributed by atoms with Crippen LogP contribution in [0, 0.1) is 0 Å². The van der Waals surface area contributed by atoms with E-state index >= 15 is 0 Å². The molecule has 0 amide bonds. The van der Waals surface area contributed by atoms with Crippen LogP contribution in [0.1, 0.15) is 12.1 Å². The number of nitrogens with one attached hydrogen (secondary N) is 1. The van der Waals surface area contributed by atoms with Crippen molar-refractivity contribution in [3.63, 3.8) is 0 Å². The van der Waals surface area contributed by atoms with Crippen LogP contribution >= 0.6 is 12.1 Å². The molecule has 0 atom stereocenters. The molecular weight excluding hydrogens is 208 g/mol. The highest BCUT2D eigenvalue weighted by Crippen LogP contribution is 2.20. The fourth-order valence-electron chi connectivity index (χ4n) is 1.63. The molecule has 0 aliphatic carbocycles. The standard InChI is InChI=1S/C10H16N4S/c1-11-15-14-7-10(12-8-14)9-3-5-13(2)6-4-9/h3,7-8,11H,4-6H2,1-2H3. The summed E-state index contributed by atoms with van der Waals surface area (Å²) in [5.41, 5.74) is 2.47. The van der Waals surface area contributed by atoms with Crippen molar-refractivity contribution in [2.45, 2.75) is 6.42 Å². The summed E-state index contributed by atoms with van der Waals surface area (Å²) in [6.45, 7) is 2.15. The van der Waals surface area contributed by atoms with Gasteiger partial charge in [-0.25, -0.2) is 9.71 Å². The second-order valence-electron chi connectivity index (χ2n) is 3.66. The van der Waals surface area contributed by atoms with E-state index in [-0.39, 0.29) is 0 Å². The summed E-state index contributed by atoms with van der Waals surface area (Å²) >= 11 is 1.53. The van der Waals surface area contributed by atoms with Crippen LogP contribution in [0.5, 0.6) is 0 Å². The van der Waals surface area contributed by atoms with Crippen molar-refractivity contribution in [2.75, 3.05) is 27.2 Å². The van der Waals surface area contributed by atoms with Crippen molar-refractivity contribution in [3.8, 4) is 0 Å². The number of aromatic nitrogens is 2. The van der Waals surface area contributed by atoms with Gasteiger partial charge in [0, 0.05) is 31.4 Å². The third kappa shape index (κ3) is 2.62. The lowest BCUT2D eigenvalue weighted by Gasteiger charge is -2.20. The van der Waals surface area contributed by atoms with Gasteiger partial charge in [0.1, 0.15) is 6.33 Å². The predicted octanol–water partition coefficient (Wildman–Crippen LogP) is 1.23. The minimum atomic E-state index is 1.03. The number of nitrogens with zero attached hydrogens (tertiary/aromatic N) is 3. The molecule has 15 heavy (non-hydrogen) atoms. The summed E-state index contributed by atoms with van der Waals surface area (Å²) in [7, 11) is 4.04. The van der Waals surface area contributed by atoms with E-state index in [1.807, 2.05) is 17.3 Å². The van der Waals surface area contributed by atoms with Gasteiger partial charge in [-0.05, 0) is 26.1 Å². The van der Waals surface area contributed by atoms with Crippen molar-refractivity contribution in [2.24, 2.45) is 0 Å². The molecule has 0 saturated heterocycles. The molecule has 1 aromatic heterocycles. The summed E-state index contributed by atoms with van der Waals surface area (Å²) in [4.78, 5) is 6.71. The van der Waals surface area contributed by atoms with Gasteiger partial charge in [0.15, 0.2) is 0 Å². The SMILES string of the molecule is CNSn1cnc(C2=CCN(C)CC2)c1. The van der Waals surface area contributed by atoms with Gasteiger partial charge >= 0.3 is 0 Å². The Bertz CT molecular complexity index is 358. The summed E-state index contributed by atoms with van der Waals surface area (Å²) < 4.78 is 5.00. The average molecular weight is 224 g/mol. The van der Waals surface area contributed by atoms with Gasteiger partial charge in [-0.1, -0.05) is 6.08 Å². The largest absolute Gasteiger partial charge is 0.302 e. The molecular formula is C10H16N4S. The van der Waals surface area contributed by atoms with E-state index in [2.05, 4.69) is 33.9 Å². The third-order valence-electron chi connectivity index (χ3n) is 2.50. The first-order valence-corrected chi connectivity index (χ1v) is 5.83. The van der Waals surface area contributed by atoms with Crippen LogP contribution < -0.4 is 4.72 Å². The Labute approximate surface area is 94.6 Å². The van der Waals surface area contributed by atoms with E-state index < -0.39 is 0 Å². The summed E-state index contributed by atoms with van der Waals surface area (Å²) in [5, 5.41) is 0. The molecule has 0 aromatic carbocycles. The zero-order chi connectivity index (χ0) is 10.7. The second kappa shape index (κ2) is 4.83. The van der Waals surface area contributed by atoms with Crippen molar-refractivity contribution < 1.29 is 0 Å². The Hall–Kier alpha value is -0.780. The predicted molar refractivity (Wildman–Crippen MR) is 64.4 cm³/mol. The van der Waals surface area contributed by atoms with Crippen LogP contribution in [0.25, 0.3) is 5.57 Å².